The van der Waals surface area contributed by atoms with E-state index in [4.69, 9.17) is 9.88 Å². The molecule has 1 aromatic rings. The molecule has 1 saturated carbocycles. The number of rotatable bonds is 4. The SMILES string of the molecule is CCOc1nnc(S(N)(=O)=O)n1C1CC1. The summed E-state index contributed by atoms with van der Waals surface area (Å²) in [5.41, 5.74) is 0. The Morgan fingerprint density at radius 3 is 2.67 bits per heavy atom. The van der Waals surface area contributed by atoms with Crippen LogP contribution in [-0.2, 0) is 10.0 Å². The molecular formula is C7H12N4O3S. The Morgan fingerprint density at radius 2 is 2.20 bits per heavy atom. The van der Waals surface area contributed by atoms with Crippen LogP contribution in [0.1, 0.15) is 25.8 Å². The molecule has 0 atom stereocenters. The summed E-state index contributed by atoms with van der Waals surface area (Å²) in [5.74, 6) is 0. The van der Waals surface area contributed by atoms with E-state index in [-0.39, 0.29) is 17.2 Å². The maximum Gasteiger partial charge on any atom is 0.318 e. The van der Waals surface area contributed by atoms with Gasteiger partial charge in [0.05, 0.1) is 6.61 Å². The first-order valence-corrected chi connectivity index (χ1v) is 6.19. The second kappa shape index (κ2) is 3.46. The fraction of sp³-hybridized carbons (Fsp3) is 0.714. The molecule has 0 aromatic carbocycles. The molecule has 15 heavy (non-hydrogen) atoms. The van der Waals surface area contributed by atoms with Gasteiger partial charge in [0.25, 0.3) is 15.2 Å². The highest BCUT2D eigenvalue weighted by atomic mass is 32.2. The molecule has 7 nitrogen and oxygen atoms in total. The molecule has 0 radical (unpaired) electrons. The van der Waals surface area contributed by atoms with E-state index in [1.54, 1.807) is 6.92 Å². The first-order valence-electron chi connectivity index (χ1n) is 4.64. The van der Waals surface area contributed by atoms with Gasteiger partial charge >= 0.3 is 6.01 Å². The smallest absolute Gasteiger partial charge is 0.318 e. The van der Waals surface area contributed by atoms with Crippen molar-refractivity contribution in [1.29, 1.82) is 0 Å². The monoisotopic (exact) mass is 232 g/mol. The molecule has 8 heteroatoms. The Balaban J connectivity index is 2.47. The third-order valence-corrected chi connectivity index (χ3v) is 2.86. The highest BCUT2D eigenvalue weighted by Gasteiger charge is 2.33. The van der Waals surface area contributed by atoms with Crippen LogP contribution in [0, 0.1) is 0 Å². The van der Waals surface area contributed by atoms with Crippen molar-refractivity contribution < 1.29 is 13.2 Å². The lowest BCUT2D eigenvalue weighted by Crippen LogP contribution is -2.18. The molecule has 2 rings (SSSR count). The number of nitrogens with zero attached hydrogens (tertiary/aromatic N) is 3. The first-order chi connectivity index (χ1) is 7.04. The van der Waals surface area contributed by atoms with E-state index in [1.807, 2.05) is 0 Å². The van der Waals surface area contributed by atoms with Crippen molar-refractivity contribution >= 4 is 10.0 Å². The van der Waals surface area contributed by atoms with Gasteiger partial charge in [-0.2, -0.15) is 0 Å². The van der Waals surface area contributed by atoms with E-state index in [1.165, 1.54) is 4.57 Å². The van der Waals surface area contributed by atoms with Crippen LogP contribution in [0.5, 0.6) is 6.01 Å². The quantitative estimate of drug-likeness (QED) is 0.765. The van der Waals surface area contributed by atoms with E-state index in [9.17, 15) is 8.42 Å². The topological polar surface area (TPSA) is 100 Å². The average molecular weight is 232 g/mol. The fourth-order valence-corrected chi connectivity index (χ4v) is 1.99. The van der Waals surface area contributed by atoms with Crippen LogP contribution >= 0.6 is 0 Å². The molecule has 84 valence electrons. The lowest BCUT2D eigenvalue weighted by Gasteiger charge is -2.06. The van der Waals surface area contributed by atoms with E-state index in [0.717, 1.165) is 12.8 Å². The molecule has 0 unspecified atom stereocenters. The van der Waals surface area contributed by atoms with Crippen LogP contribution in [0.15, 0.2) is 5.16 Å². The number of primary sulfonamides is 1. The number of aromatic nitrogens is 3. The van der Waals surface area contributed by atoms with Gasteiger partial charge in [0.15, 0.2) is 0 Å². The third kappa shape index (κ3) is 1.95. The van der Waals surface area contributed by atoms with Crippen molar-refractivity contribution in [2.45, 2.75) is 31.0 Å². The molecule has 1 aromatic heterocycles. The molecule has 0 spiro atoms. The van der Waals surface area contributed by atoms with Gasteiger partial charge in [0, 0.05) is 6.04 Å². The van der Waals surface area contributed by atoms with E-state index < -0.39 is 10.0 Å². The average Bonchev–Trinajstić information content (AvgIpc) is 2.87. The van der Waals surface area contributed by atoms with E-state index >= 15 is 0 Å². The summed E-state index contributed by atoms with van der Waals surface area (Å²) in [6.07, 6.45) is 1.81. The van der Waals surface area contributed by atoms with Crippen molar-refractivity contribution in [3.8, 4) is 6.01 Å². The number of hydrogen-bond donors (Lipinski definition) is 1. The van der Waals surface area contributed by atoms with Crippen molar-refractivity contribution in [2.24, 2.45) is 5.14 Å². The van der Waals surface area contributed by atoms with E-state index in [0.29, 0.717) is 6.61 Å². The van der Waals surface area contributed by atoms with Crippen LogP contribution in [0.3, 0.4) is 0 Å². The van der Waals surface area contributed by atoms with Crippen molar-refractivity contribution in [3.63, 3.8) is 0 Å². The third-order valence-electron chi connectivity index (χ3n) is 2.07. The molecule has 1 aliphatic carbocycles. The van der Waals surface area contributed by atoms with Crippen LogP contribution in [-0.4, -0.2) is 29.8 Å². The summed E-state index contributed by atoms with van der Waals surface area (Å²) < 4.78 is 29.0. The molecule has 0 aliphatic heterocycles. The molecule has 2 N–H and O–H groups in total. The normalized spacial score (nSPS) is 16.7. The maximum atomic E-state index is 11.2. The molecule has 0 saturated heterocycles. The van der Waals surface area contributed by atoms with Crippen molar-refractivity contribution in [2.75, 3.05) is 6.61 Å². The van der Waals surface area contributed by atoms with Crippen LogP contribution in [0.4, 0.5) is 0 Å². The molecule has 1 aliphatic rings. The van der Waals surface area contributed by atoms with E-state index in [2.05, 4.69) is 10.2 Å². The summed E-state index contributed by atoms with van der Waals surface area (Å²) in [5, 5.41) is 12.0. The largest absolute Gasteiger partial charge is 0.464 e. The minimum absolute atomic E-state index is 0.106. The Labute approximate surface area is 87.3 Å². The summed E-state index contributed by atoms with van der Waals surface area (Å²) in [6.45, 7) is 2.21. The fourth-order valence-electron chi connectivity index (χ4n) is 1.33. The molecular weight excluding hydrogens is 220 g/mol. The molecule has 0 bridgehead atoms. The number of ether oxygens (including phenoxy) is 1. The van der Waals surface area contributed by atoms with Gasteiger partial charge in [-0.25, -0.2) is 13.6 Å². The van der Waals surface area contributed by atoms with Gasteiger partial charge in [-0.05, 0) is 19.8 Å². The number of sulfonamides is 1. The maximum absolute atomic E-state index is 11.2. The Bertz CT molecular complexity index is 463. The molecule has 0 amide bonds. The Kier molecular flexibility index (Phi) is 2.39. The zero-order valence-corrected chi connectivity index (χ0v) is 9.07. The van der Waals surface area contributed by atoms with Gasteiger partial charge in [0.1, 0.15) is 0 Å². The zero-order valence-electron chi connectivity index (χ0n) is 8.25. The summed E-state index contributed by atoms with van der Waals surface area (Å²) in [4.78, 5) is 0. The number of nitrogens with two attached hydrogens (primary N) is 1. The second-order valence-corrected chi connectivity index (χ2v) is 4.80. The standard InChI is InChI=1S/C7H12N4O3S/c1-2-14-6-9-10-7(15(8,12)13)11(6)5-3-4-5/h5H,2-4H2,1H3,(H2,8,12,13). The highest BCUT2D eigenvalue weighted by molar-refractivity contribution is 7.89. The first kappa shape index (κ1) is 10.4. The molecule has 1 heterocycles. The lowest BCUT2D eigenvalue weighted by atomic mass is 10.7. The summed E-state index contributed by atoms with van der Waals surface area (Å²) in [7, 11) is -3.83. The lowest BCUT2D eigenvalue weighted by molar-refractivity contribution is 0.292. The molecule has 1 fully saturated rings. The second-order valence-electron chi connectivity index (χ2n) is 3.34. The zero-order chi connectivity index (χ0) is 11.1. The minimum atomic E-state index is -3.83. The highest BCUT2D eigenvalue weighted by Crippen LogP contribution is 2.39. The van der Waals surface area contributed by atoms with Gasteiger partial charge in [-0.3, -0.25) is 4.57 Å². The van der Waals surface area contributed by atoms with Gasteiger partial charge < -0.3 is 4.74 Å². The number of hydrogen-bond acceptors (Lipinski definition) is 5. The van der Waals surface area contributed by atoms with Crippen molar-refractivity contribution in [1.82, 2.24) is 14.8 Å². The van der Waals surface area contributed by atoms with Gasteiger partial charge in [-0.15, -0.1) is 5.10 Å². The minimum Gasteiger partial charge on any atom is -0.464 e. The van der Waals surface area contributed by atoms with Gasteiger partial charge in [-0.1, -0.05) is 5.10 Å². The Morgan fingerprint density at radius 1 is 1.53 bits per heavy atom. The van der Waals surface area contributed by atoms with Crippen LogP contribution in [0.2, 0.25) is 0 Å². The predicted octanol–water partition coefficient (Wildman–Crippen LogP) is -0.341. The summed E-state index contributed by atoms with van der Waals surface area (Å²) in [6, 6.07) is 0.332. The van der Waals surface area contributed by atoms with Crippen LogP contribution in [0.25, 0.3) is 0 Å². The van der Waals surface area contributed by atoms with Gasteiger partial charge in [0.2, 0.25) is 0 Å². The predicted molar refractivity (Wildman–Crippen MR) is 50.8 cm³/mol. The van der Waals surface area contributed by atoms with Crippen molar-refractivity contribution in [3.05, 3.63) is 0 Å². The summed E-state index contributed by atoms with van der Waals surface area (Å²) >= 11 is 0. The Hall–Kier alpha value is -1.15. The van der Waals surface area contributed by atoms with Crippen LogP contribution < -0.4 is 9.88 Å².